The average molecular weight is 193 g/mol. The van der Waals surface area contributed by atoms with Crippen LogP contribution in [0.5, 0.6) is 0 Å². The standard InChI is InChI=1S/C9H11N3O2/c1-7(11-12-9(13)14-2)8-4-3-5-10-6-8/h3-6H,1-2H3,(H,12,13). The summed E-state index contributed by atoms with van der Waals surface area (Å²) in [5.41, 5.74) is 3.75. The van der Waals surface area contributed by atoms with Gasteiger partial charge >= 0.3 is 6.09 Å². The number of hydrazone groups is 1. The Kier molecular flexibility index (Phi) is 3.60. The van der Waals surface area contributed by atoms with Crippen LogP contribution < -0.4 is 5.43 Å². The molecule has 0 radical (unpaired) electrons. The molecule has 0 spiro atoms. The summed E-state index contributed by atoms with van der Waals surface area (Å²) in [4.78, 5) is 14.6. The molecule has 0 aliphatic heterocycles. The summed E-state index contributed by atoms with van der Waals surface area (Å²) in [5, 5.41) is 3.82. The van der Waals surface area contributed by atoms with Crippen LogP contribution in [0.3, 0.4) is 0 Å². The van der Waals surface area contributed by atoms with Crippen LogP contribution in [-0.2, 0) is 4.74 Å². The summed E-state index contributed by atoms with van der Waals surface area (Å²) in [6.45, 7) is 1.77. The largest absolute Gasteiger partial charge is 0.452 e. The maximum atomic E-state index is 10.7. The highest BCUT2D eigenvalue weighted by Gasteiger charge is 1.98. The molecule has 14 heavy (non-hydrogen) atoms. The van der Waals surface area contributed by atoms with Crippen molar-refractivity contribution in [3.05, 3.63) is 30.1 Å². The molecule has 0 aliphatic rings. The number of ether oxygens (including phenoxy) is 1. The Morgan fingerprint density at radius 1 is 1.64 bits per heavy atom. The number of rotatable bonds is 2. The molecule has 0 atom stereocenters. The van der Waals surface area contributed by atoms with Crippen molar-refractivity contribution in [2.24, 2.45) is 5.10 Å². The first-order valence-electron chi connectivity index (χ1n) is 4.02. The molecular formula is C9H11N3O2. The van der Waals surface area contributed by atoms with Gasteiger partial charge in [-0.3, -0.25) is 4.98 Å². The number of carbonyl (C=O) groups excluding carboxylic acids is 1. The highest BCUT2D eigenvalue weighted by Crippen LogP contribution is 1.97. The Balaban J connectivity index is 2.66. The van der Waals surface area contributed by atoms with E-state index in [1.807, 2.05) is 6.07 Å². The van der Waals surface area contributed by atoms with Crippen molar-refractivity contribution in [1.29, 1.82) is 0 Å². The van der Waals surface area contributed by atoms with E-state index in [0.29, 0.717) is 5.71 Å². The summed E-state index contributed by atoms with van der Waals surface area (Å²) < 4.78 is 4.36. The highest BCUT2D eigenvalue weighted by atomic mass is 16.5. The van der Waals surface area contributed by atoms with Crippen LogP contribution in [0.2, 0.25) is 0 Å². The van der Waals surface area contributed by atoms with Gasteiger partial charge in [0.25, 0.3) is 0 Å². The molecule has 0 saturated heterocycles. The SMILES string of the molecule is COC(=O)NN=C(C)c1cccnc1. The van der Waals surface area contributed by atoms with Gasteiger partial charge in [0.1, 0.15) is 0 Å². The fourth-order valence-corrected chi connectivity index (χ4v) is 0.816. The van der Waals surface area contributed by atoms with E-state index in [2.05, 4.69) is 20.2 Å². The van der Waals surface area contributed by atoms with E-state index in [4.69, 9.17) is 0 Å². The number of nitrogens with one attached hydrogen (secondary N) is 1. The lowest BCUT2D eigenvalue weighted by molar-refractivity contribution is 0.171. The second-order valence-electron chi connectivity index (χ2n) is 2.54. The van der Waals surface area contributed by atoms with Crippen molar-refractivity contribution in [1.82, 2.24) is 10.4 Å². The summed E-state index contributed by atoms with van der Waals surface area (Å²) in [6, 6.07) is 3.65. The maximum absolute atomic E-state index is 10.7. The van der Waals surface area contributed by atoms with Crippen molar-refractivity contribution < 1.29 is 9.53 Å². The van der Waals surface area contributed by atoms with Crippen molar-refractivity contribution in [3.63, 3.8) is 0 Å². The highest BCUT2D eigenvalue weighted by molar-refractivity contribution is 5.98. The maximum Gasteiger partial charge on any atom is 0.427 e. The number of methoxy groups -OCH3 is 1. The van der Waals surface area contributed by atoms with Crippen molar-refractivity contribution in [3.8, 4) is 0 Å². The Morgan fingerprint density at radius 2 is 2.43 bits per heavy atom. The quantitative estimate of drug-likeness (QED) is 0.566. The monoisotopic (exact) mass is 193 g/mol. The van der Waals surface area contributed by atoms with E-state index in [0.717, 1.165) is 5.56 Å². The lowest BCUT2D eigenvalue weighted by Crippen LogP contribution is -2.18. The van der Waals surface area contributed by atoms with Crippen LogP contribution in [0, 0.1) is 0 Å². The van der Waals surface area contributed by atoms with E-state index in [9.17, 15) is 4.79 Å². The fraction of sp³-hybridized carbons (Fsp3) is 0.222. The molecule has 1 N–H and O–H groups in total. The summed E-state index contributed by atoms with van der Waals surface area (Å²) >= 11 is 0. The number of pyridine rings is 1. The zero-order valence-corrected chi connectivity index (χ0v) is 8.02. The summed E-state index contributed by atoms with van der Waals surface area (Å²) in [6.07, 6.45) is 2.75. The third kappa shape index (κ3) is 2.85. The molecule has 0 fully saturated rings. The van der Waals surface area contributed by atoms with Crippen LogP contribution >= 0.6 is 0 Å². The predicted octanol–water partition coefficient (Wildman–Crippen LogP) is 1.16. The lowest BCUT2D eigenvalue weighted by atomic mass is 10.2. The summed E-state index contributed by atoms with van der Waals surface area (Å²) in [7, 11) is 1.28. The average Bonchev–Trinajstić information content (AvgIpc) is 2.26. The molecule has 0 aromatic carbocycles. The molecule has 5 nitrogen and oxygen atoms in total. The first-order valence-corrected chi connectivity index (χ1v) is 4.02. The molecule has 1 aromatic rings. The van der Waals surface area contributed by atoms with Gasteiger partial charge in [-0.1, -0.05) is 6.07 Å². The summed E-state index contributed by atoms with van der Waals surface area (Å²) in [5.74, 6) is 0. The molecule has 0 saturated carbocycles. The Hall–Kier alpha value is -1.91. The second-order valence-corrected chi connectivity index (χ2v) is 2.54. The molecular weight excluding hydrogens is 182 g/mol. The number of nitrogens with zero attached hydrogens (tertiary/aromatic N) is 2. The van der Waals surface area contributed by atoms with E-state index in [1.165, 1.54) is 7.11 Å². The van der Waals surface area contributed by atoms with Gasteiger partial charge in [0.05, 0.1) is 12.8 Å². The number of amides is 1. The Morgan fingerprint density at radius 3 is 3.00 bits per heavy atom. The van der Waals surface area contributed by atoms with Crippen LogP contribution in [0.15, 0.2) is 29.6 Å². The van der Waals surface area contributed by atoms with Crippen LogP contribution in [0.1, 0.15) is 12.5 Å². The van der Waals surface area contributed by atoms with Crippen molar-refractivity contribution in [2.75, 3.05) is 7.11 Å². The minimum atomic E-state index is -0.590. The minimum Gasteiger partial charge on any atom is -0.452 e. The number of hydrogen-bond donors (Lipinski definition) is 1. The molecule has 1 amide bonds. The van der Waals surface area contributed by atoms with Crippen molar-refractivity contribution in [2.45, 2.75) is 6.92 Å². The van der Waals surface area contributed by atoms with Gasteiger partial charge in [0, 0.05) is 18.0 Å². The van der Waals surface area contributed by atoms with E-state index in [1.54, 1.807) is 25.4 Å². The van der Waals surface area contributed by atoms with Crippen molar-refractivity contribution >= 4 is 11.8 Å². The minimum absolute atomic E-state index is 0.590. The Bertz CT molecular complexity index is 335. The Labute approximate surface area is 81.8 Å². The first-order chi connectivity index (χ1) is 6.74. The van der Waals surface area contributed by atoms with E-state index < -0.39 is 6.09 Å². The third-order valence-electron chi connectivity index (χ3n) is 1.58. The molecule has 1 heterocycles. The second kappa shape index (κ2) is 4.96. The molecule has 0 aliphatic carbocycles. The predicted molar refractivity (Wildman–Crippen MR) is 52.0 cm³/mol. The molecule has 1 aromatic heterocycles. The molecule has 0 bridgehead atoms. The van der Waals surface area contributed by atoms with Gasteiger partial charge in [-0.05, 0) is 13.0 Å². The number of hydrogen-bond acceptors (Lipinski definition) is 4. The first kappa shape index (κ1) is 10.2. The molecule has 5 heteroatoms. The van der Waals surface area contributed by atoms with Crippen LogP contribution in [0.4, 0.5) is 4.79 Å². The normalized spacial score (nSPS) is 10.9. The number of carbonyl (C=O) groups is 1. The third-order valence-corrected chi connectivity index (χ3v) is 1.58. The van der Waals surface area contributed by atoms with Crippen LogP contribution in [-0.4, -0.2) is 23.9 Å². The van der Waals surface area contributed by atoms with Gasteiger partial charge in [-0.25, -0.2) is 10.2 Å². The zero-order valence-electron chi connectivity index (χ0n) is 8.02. The smallest absolute Gasteiger partial charge is 0.427 e. The van der Waals surface area contributed by atoms with Crippen LogP contribution in [0.25, 0.3) is 0 Å². The van der Waals surface area contributed by atoms with Gasteiger partial charge in [-0.2, -0.15) is 5.10 Å². The topological polar surface area (TPSA) is 63.6 Å². The lowest BCUT2D eigenvalue weighted by Gasteiger charge is -2.00. The fourth-order valence-electron chi connectivity index (χ4n) is 0.816. The van der Waals surface area contributed by atoms with Gasteiger partial charge in [0.2, 0.25) is 0 Å². The number of aromatic nitrogens is 1. The van der Waals surface area contributed by atoms with Gasteiger partial charge < -0.3 is 4.74 Å². The molecule has 1 rings (SSSR count). The zero-order chi connectivity index (χ0) is 10.4. The molecule has 74 valence electrons. The van der Waals surface area contributed by atoms with E-state index in [-0.39, 0.29) is 0 Å². The van der Waals surface area contributed by atoms with E-state index >= 15 is 0 Å². The molecule has 0 unspecified atom stereocenters. The van der Waals surface area contributed by atoms with Gasteiger partial charge in [0.15, 0.2) is 0 Å². The van der Waals surface area contributed by atoms with Gasteiger partial charge in [-0.15, -0.1) is 0 Å².